The highest BCUT2D eigenvalue weighted by Crippen LogP contribution is 2.42. The van der Waals surface area contributed by atoms with Gasteiger partial charge in [-0.25, -0.2) is 14.6 Å². The minimum Gasteiger partial charge on any atom is -0.465 e. The second-order valence-electron chi connectivity index (χ2n) is 6.06. The van der Waals surface area contributed by atoms with Crippen molar-refractivity contribution in [2.45, 2.75) is 24.6 Å². The molecule has 29 heavy (non-hydrogen) atoms. The van der Waals surface area contributed by atoms with Crippen LogP contribution in [0.1, 0.15) is 50.4 Å². The first-order valence-electron chi connectivity index (χ1n) is 8.24. The quantitative estimate of drug-likeness (QED) is 0.694. The molecule has 1 aromatic heterocycles. The molecular weight excluding hydrogens is 415 g/mol. The number of esters is 2. The largest absolute Gasteiger partial charge is 0.465 e. The Balaban J connectivity index is 2.48. The number of benzene rings is 1. The van der Waals surface area contributed by atoms with Gasteiger partial charge in [-0.1, -0.05) is 17.7 Å². The van der Waals surface area contributed by atoms with Gasteiger partial charge >= 0.3 is 18.1 Å². The van der Waals surface area contributed by atoms with Crippen LogP contribution in [0.4, 0.5) is 13.2 Å². The molecule has 0 aliphatic heterocycles. The number of hydrogen-bond donors (Lipinski definition) is 1. The van der Waals surface area contributed by atoms with E-state index in [-0.39, 0.29) is 27.4 Å². The second-order valence-corrected chi connectivity index (χ2v) is 6.47. The summed E-state index contributed by atoms with van der Waals surface area (Å²) in [6.45, 7) is 0. The molecule has 0 saturated carbocycles. The molecule has 0 aliphatic carbocycles. The van der Waals surface area contributed by atoms with Crippen molar-refractivity contribution in [3.63, 3.8) is 0 Å². The molecule has 1 aromatic carbocycles. The van der Waals surface area contributed by atoms with E-state index in [1.165, 1.54) is 30.5 Å². The molecule has 0 aliphatic rings. The minimum absolute atomic E-state index is 0.0134. The first kappa shape index (κ1) is 22.6. The van der Waals surface area contributed by atoms with Crippen LogP contribution in [0.2, 0.25) is 5.02 Å². The molecule has 156 valence electrons. The van der Waals surface area contributed by atoms with Crippen LogP contribution in [0.5, 0.6) is 0 Å². The molecule has 1 N–H and O–H groups in total. The summed E-state index contributed by atoms with van der Waals surface area (Å²) in [6, 6.07) is 6.10. The summed E-state index contributed by atoms with van der Waals surface area (Å²) in [6.07, 6.45) is -6.49. The molecule has 1 heterocycles. The number of carbonyl (C=O) groups excluding carboxylic acids is 2. The normalized spacial score (nSPS) is 13.5. The van der Waals surface area contributed by atoms with Crippen molar-refractivity contribution in [1.29, 1.82) is 0 Å². The predicted molar refractivity (Wildman–Crippen MR) is 96.7 cm³/mol. The summed E-state index contributed by atoms with van der Waals surface area (Å²) in [4.78, 5) is 27.0. The highest BCUT2D eigenvalue weighted by atomic mass is 35.5. The van der Waals surface area contributed by atoms with Gasteiger partial charge in [-0.2, -0.15) is 13.2 Å². The Kier molecular flexibility index (Phi) is 7.21. The molecule has 0 saturated heterocycles. The Bertz CT molecular complexity index is 904. The van der Waals surface area contributed by atoms with Crippen LogP contribution in [-0.2, 0) is 9.47 Å². The summed E-state index contributed by atoms with van der Waals surface area (Å²) in [7, 11) is 2.28. The molecule has 0 bridgehead atoms. The maximum Gasteiger partial charge on any atom is 0.389 e. The van der Waals surface area contributed by atoms with Crippen LogP contribution in [0.3, 0.4) is 0 Å². The number of aliphatic hydroxyl groups excluding tert-OH is 1. The van der Waals surface area contributed by atoms with Gasteiger partial charge in [0, 0.05) is 17.1 Å². The summed E-state index contributed by atoms with van der Waals surface area (Å²) in [5.74, 6) is -3.00. The highest BCUT2D eigenvalue weighted by Gasteiger charge is 2.38. The Morgan fingerprint density at radius 2 is 1.79 bits per heavy atom. The Morgan fingerprint density at radius 3 is 2.34 bits per heavy atom. The third-order valence-corrected chi connectivity index (χ3v) is 4.50. The van der Waals surface area contributed by atoms with E-state index in [0.29, 0.717) is 0 Å². The summed E-state index contributed by atoms with van der Waals surface area (Å²) < 4.78 is 48.7. The molecule has 2 rings (SSSR count). The first-order valence-corrected chi connectivity index (χ1v) is 8.62. The zero-order valence-corrected chi connectivity index (χ0v) is 16.1. The lowest BCUT2D eigenvalue weighted by Crippen LogP contribution is -2.21. The first-order chi connectivity index (χ1) is 13.6. The fourth-order valence-electron chi connectivity index (χ4n) is 2.79. The van der Waals surface area contributed by atoms with Crippen LogP contribution in [0, 0.1) is 0 Å². The standard InChI is InChI=1S/C19H17ClF3NO5/c1-28-17(26)11-3-4-12(14(20)7-11)13(9-19(21,22)23)16(25)10-5-6-24-15(8-10)18(27)29-2/h3-8,13,16,25H,9H2,1-2H3. The lowest BCUT2D eigenvalue weighted by molar-refractivity contribution is -0.145. The predicted octanol–water partition coefficient (Wildman–Crippen LogP) is 4.08. The number of carbonyl (C=O) groups is 2. The van der Waals surface area contributed by atoms with Crippen molar-refractivity contribution in [1.82, 2.24) is 4.98 Å². The average molecular weight is 432 g/mol. The van der Waals surface area contributed by atoms with E-state index in [9.17, 15) is 27.9 Å². The molecule has 0 amide bonds. The third-order valence-electron chi connectivity index (χ3n) is 4.17. The molecule has 0 radical (unpaired) electrons. The van der Waals surface area contributed by atoms with Crippen molar-refractivity contribution < 1.29 is 37.3 Å². The van der Waals surface area contributed by atoms with E-state index < -0.39 is 36.6 Å². The van der Waals surface area contributed by atoms with Gasteiger partial charge in [-0.15, -0.1) is 0 Å². The number of pyridine rings is 1. The van der Waals surface area contributed by atoms with Gasteiger partial charge in [0.25, 0.3) is 0 Å². The number of halogens is 4. The zero-order chi connectivity index (χ0) is 21.8. The van der Waals surface area contributed by atoms with Crippen molar-refractivity contribution in [3.05, 3.63) is 63.9 Å². The van der Waals surface area contributed by atoms with E-state index in [1.807, 2.05) is 0 Å². The van der Waals surface area contributed by atoms with Gasteiger partial charge in [0.1, 0.15) is 5.69 Å². The van der Waals surface area contributed by atoms with Crippen molar-refractivity contribution in [2.24, 2.45) is 0 Å². The Hall–Kier alpha value is -2.65. The van der Waals surface area contributed by atoms with Crippen LogP contribution < -0.4 is 0 Å². The fraction of sp³-hybridized carbons (Fsp3) is 0.316. The van der Waals surface area contributed by atoms with Crippen molar-refractivity contribution in [2.75, 3.05) is 14.2 Å². The fourth-order valence-corrected chi connectivity index (χ4v) is 3.11. The number of rotatable bonds is 6. The van der Waals surface area contributed by atoms with Gasteiger partial charge < -0.3 is 14.6 Å². The maximum atomic E-state index is 13.2. The van der Waals surface area contributed by atoms with Crippen LogP contribution in [0.25, 0.3) is 0 Å². The van der Waals surface area contributed by atoms with E-state index in [1.54, 1.807) is 0 Å². The van der Waals surface area contributed by atoms with Crippen LogP contribution in [-0.4, -0.2) is 42.4 Å². The molecule has 2 atom stereocenters. The number of ether oxygens (including phenoxy) is 2. The number of aromatic nitrogens is 1. The number of nitrogens with zero attached hydrogens (tertiary/aromatic N) is 1. The maximum absolute atomic E-state index is 13.2. The number of hydrogen-bond acceptors (Lipinski definition) is 6. The molecule has 0 fully saturated rings. The Labute approximate surface area is 169 Å². The topological polar surface area (TPSA) is 85.7 Å². The smallest absolute Gasteiger partial charge is 0.389 e. The van der Waals surface area contributed by atoms with Crippen LogP contribution >= 0.6 is 11.6 Å². The van der Waals surface area contributed by atoms with Crippen LogP contribution in [0.15, 0.2) is 36.5 Å². The second kappa shape index (κ2) is 9.23. The average Bonchev–Trinajstić information content (AvgIpc) is 2.69. The van der Waals surface area contributed by atoms with E-state index >= 15 is 0 Å². The lowest BCUT2D eigenvalue weighted by Gasteiger charge is -2.26. The van der Waals surface area contributed by atoms with Gasteiger partial charge in [0.05, 0.1) is 32.3 Å². The third kappa shape index (κ3) is 5.68. The highest BCUT2D eigenvalue weighted by molar-refractivity contribution is 6.31. The van der Waals surface area contributed by atoms with Crippen molar-refractivity contribution in [3.8, 4) is 0 Å². The van der Waals surface area contributed by atoms with Gasteiger partial charge in [-0.3, -0.25) is 0 Å². The monoisotopic (exact) mass is 431 g/mol. The van der Waals surface area contributed by atoms with Gasteiger partial charge in [0.2, 0.25) is 0 Å². The SMILES string of the molecule is COC(=O)c1ccc(C(CC(F)(F)F)C(O)c2ccnc(C(=O)OC)c2)c(Cl)c1. The molecule has 6 nitrogen and oxygen atoms in total. The minimum atomic E-state index is -4.62. The number of alkyl halides is 3. The summed E-state index contributed by atoms with van der Waals surface area (Å²) >= 11 is 6.12. The van der Waals surface area contributed by atoms with Gasteiger partial charge in [-0.05, 0) is 35.4 Å². The summed E-state index contributed by atoms with van der Waals surface area (Å²) in [5, 5.41) is 10.6. The molecule has 10 heteroatoms. The molecule has 0 spiro atoms. The lowest BCUT2D eigenvalue weighted by atomic mass is 9.86. The molecular formula is C19H17ClF3NO5. The molecule has 2 unspecified atom stereocenters. The number of aliphatic hydroxyl groups is 1. The molecule has 2 aromatic rings. The number of methoxy groups -OCH3 is 2. The van der Waals surface area contributed by atoms with E-state index in [0.717, 1.165) is 20.3 Å². The van der Waals surface area contributed by atoms with Gasteiger partial charge in [0.15, 0.2) is 0 Å². The summed E-state index contributed by atoms with van der Waals surface area (Å²) in [5.41, 5.74) is -0.0938. The van der Waals surface area contributed by atoms with Crippen molar-refractivity contribution >= 4 is 23.5 Å². The zero-order valence-electron chi connectivity index (χ0n) is 15.4. The Morgan fingerprint density at radius 1 is 1.14 bits per heavy atom. The van der Waals surface area contributed by atoms with E-state index in [2.05, 4.69) is 14.5 Å². The van der Waals surface area contributed by atoms with E-state index in [4.69, 9.17) is 11.6 Å².